The van der Waals surface area contributed by atoms with Crippen molar-refractivity contribution in [2.45, 2.75) is 0 Å². The van der Waals surface area contributed by atoms with Crippen molar-refractivity contribution >= 4 is 22.7 Å². The Labute approximate surface area is 69.9 Å². The fourth-order valence-electron chi connectivity index (χ4n) is 0.621. The predicted octanol–water partition coefficient (Wildman–Crippen LogP) is -1.47. The molecule has 70 valence electrons. The van der Waals surface area contributed by atoms with Crippen molar-refractivity contribution in [1.82, 2.24) is 4.90 Å². The van der Waals surface area contributed by atoms with Crippen LogP contribution in [-0.4, -0.2) is 49.4 Å². The molecule has 0 amide bonds. The third-order valence-electron chi connectivity index (χ3n) is 1.01. The summed E-state index contributed by atoms with van der Waals surface area (Å²) in [7, 11) is -4.16. The van der Waals surface area contributed by atoms with Crippen molar-refractivity contribution in [2.24, 2.45) is 0 Å². The minimum atomic E-state index is -4.16. The van der Waals surface area contributed by atoms with E-state index in [0.717, 1.165) is 4.90 Å². The van der Waals surface area contributed by atoms with Crippen molar-refractivity contribution in [3.05, 3.63) is 0 Å². The normalized spacial score (nSPS) is 11.5. The van der Waals surface area contributed by atoms with Gasteiger partial charge in [-0.1, -0.05) is 0 Å². The number of nitrogens with zero attached hydrogens (tertiary/aromatic N) is 1. The third kappa shape index (κ3) is 5.96. The van der Waals surface area contributed by atoms with E-state index < -0.39 is 16.0 Å². The summed E-state index contributed by atoms with van der Waals surface area (Å²) in [5.41, 5.74) is 0. The van der Waals surface area contributed by atoms with Crippen molar-refractivity contribution in [3.63, 3.8) is 0 Å². The number of hydrogen-bond donors (Lipinski definition) is 1. The van der Waals surface area contributed by atoms with E-state index in [0.29, 0.717) is 12.6 Å². The van der Waals surface area contributed by atoms with Gasteiger partial charge in [0.2, 0.25) is 0 Å². The molecule has 0 fully saturated rings. The van der Waals surface area contributed by atoms with Crippen LogP contribution in [-0.2, 0) is 19.7 Å². The fourth-order valence-corrected chi connectivity index (χ4v) is 1.29. The van der Waals surface area contributed by atoms with Crippen LogP contribution in [0.2, 0.25) is 0 Å². The van der Waals surface area contributed by atoms with Crippen LogP contribution >= 0.6 is 0 Å². The molecular formula is C5H9NO5S. The second-order valence-electron chi connectivity index (χ2n) is 2.08. The van der Waals surface area contributed by atoms with E-state index in [9.17, 15) is 18.0 Å². The lowest BCUT2D eigenvalue weighted by Crippen LogP contribution is -2.32. The van der Waals surface area contributed by atoms with Crippen LogP contribution in [0.1, 0.15) is 0 Å². The Kier molecular flexibility index (Phi) is 4.64. The molecule has 0 aliphatic rings. The Balaban J connectivity index is 4.12. The van der Waals surface area contributed by atoms with Gasteiger partial charge in [0.1, 0.15) is 18.4 Å². The first-order valence-electron chi connectivity index (χ1n) is 3.04. The maximum Gasteiger partial charge on any atom is 0.278 e. The Morgan fingerprint density at radius 3 is 1.83 bits per heavy atom. The lowest BCUT2D eigenvalue weighted by atomic mass is 10.6. The number of hydrogen-bond acceptors (Lipinski definition) is 5. The molecule has 0 aliphatic heterocycles. The monoisotopic (exact) mass is 195 g/mol. The van der Waals surface area contributed by atoms with Crippen LogP contribution in [0.25, 0.3) is 0 Å². The highest BCUT2D eigenvalue weighted by Crippen LogP contribution is 1.89. The molecule has 0 unspecified atom stereocenters. The number of carbonyl (C=O) groups excluding carboxylic acids is 2. The van der Waals surface area contributed by atoms with E-state index in [1.165, 1.54) is 0 Å². The highest BCUT2D eigenvalue weighted by atomic mass is 32.2. The van der Waals surface area contributed by atoms with Crippen molar-refractivity contribution in [2.75, 3.05) is 19.0 Å². The Morgan fingerprint density at radius 1 is 1.17 bits per heavy atom. The molecule has 0 saturated heterocycles. The molecule has 0 aromatic heterocycles. The zero-order valence-electron chi connectivity index (χ0n) is 6.21. The van der Waals surface area contributed by atoms with Gasteiger partial charge in [-0.2, -0.15) is 8.42 Å². The van der Waals surface area contributed by atoms with Gasteiger partial charge in [0.05, 0.1) is 13.1 Å². The van der Waals surface area contributed by atoms with Crippen LogP contribution in [0.5, 0.6) is 0 Å². The lowest BCUT2D eigenvalue weighted by molar-refractivity contribution is -0.110. The molecule has 0 aromatic rings. The Hall–Kier alpha value is -0.790. The van der Waals surface area contributed by atoms with Gasteiger partial charge in [0.15, 0.2) is 0 Å². The molecule has 6 nitrogen and oxygen atoms in total. The van der Waals surface area contributed by atoms with Crippen LogP contribution in [0.15, 0.2) is 0 Å². The number of aldehydes is 2. The molecule has 0 aromatic carbocycles. The zero-order chi connectivity index (χ0) is 9.61. The van der Waals surface area contributed by atoms with Gasteiger partial charge in [-0.25, -0.2) is 0 Å². The van der Waals surface area contributed by atoms with Crippen LogP contribution < -0.4 is 0 Å². The molecule has 0 spiro atoms. The highest BCUT2D eigenvalue weighted by molar-refractivity contribution is 7.85. The third-order valence-corrected chi connectivity index (χ3v) is 1.70. The lowest BCUT2D eigenvalue weighted by Gasteiger charge is -2.13. The van der Waals surface area contributed by atoms with E-state index >= 15 is 0 Å². The molecule has 7 heteroatoms. The maximum absolute atomic E-state index is 10.3. The van der Waals surface area contributed by atoms with E-state index in [1.807, 2.05) is 0 Å². The van der Waals surface area contributed by atoms with E-state index in [-0.39, 0.29) is 13.1 Å². The molecule has 0 rings (SSSR count). The van der Waals surface area contributed by atoms with E-state index in [4.69, 9.17) is 4.55 Å². The first-order valence-corrected chi connectivity index (χ1v) is 4.65. The fraction of sp³-hybridized carbons (Fsp3) is 0.600. The van der Waals surface area contributed by atoms with E-state index in [1.54, 1.807) is 0 Å². The molecule has 0 atom stereocenters. The predicted molar refractivity (Wildman–Crippen MR) is 40.1 cm³/mol. The van der Waals surface area contributed by atoms with Gasteiger partial charge in [0, 0.05) is 0 Å². The molecular weight excluding hydrogens is 186 g/mol. The molecule has 0 heterocycles. The Morgan fingerprint density at radius 2 is 1.58 bits per heavy atom. The summed E-state index contributed by atoms with van der Waals surface area (Å²) in [5.74, 6) is -0.704. The van der Waals surface area contributed by atoms with Crippen molar-refractivity contribution < 1.29 is 22.6 Å². The summed E-state index contributed by atoms with van der Waals surface area (Å²) in [6.45, 7) is -0.392. The van der Waals surface area contributed by atoms with Crippen LogP contribution in [0.4, 0.5) is 0 Å². The minimum Gasteiger partial charge on any atom is -0.302 e. The van der Waals surface area contributed by atoms with Gasteiger partial charge in [-0.15, -0.1) is 0 Å². The maximum atomic E-state index is 10.3. The van der Waals surface area contributed by atoms with Crippen LogP contribution in [0, 0.1) is 0 Å². The SMILES string of the molecule is O=CCN(CC=O)CS(=O)(=O)O. The summed E-state index contributed by atoms with van der Waals surface area (Å²) in [6, 6.07) is 0. The molecule has 0 bridgehead atoms. The average Bonchev–Trinajstić information content (AvgIpc) is 1.84. The molecule has 0 radical (unpaired) electrons. The quantitative estimate of drug-likeness (QED) is 0.411. The zero-order valence-corrected chi connectivity index (χ0v) is 7.03. The largest absolute Gasteiger partial charge is 0.302 e. The topological polar surface area (TPSA) is 91.8 Å². The average molecular weight is 195 g/mol. The first kappa shape index (κ1) is 11.2. The van der Waals surface area contributed by atoms with Crippen LogP contribution in [0.3, 0.4) is 0 Å². The van der Waals surface area contributed by atoms with Gasteiger partial charge in [0.25, 0.3) is 10.1 Å². The van der Waals surface area contributed by atoms with Crippen molar-refractivity contribution in [1.29, 1.82) is 0 Å². The van der Waals surface area contributed by atoms with Gasteiger partial charge in [-0.05, 0) is 0 Å². The summed E-state index contributed by atoms with van der Waals surface area (Å²) in [4.78, 5) is 20.9. The second kappa shape index (κ2) is 4.96. The summed E-state index contributed by atoms with van der Waals surface area (Å²) < 4.78 is 28.9. The number of carbonyl (C=O) groups is 2. The van der Waals surface area contributed by atoms with E-state index in [2.05, 4.69) is 0 Å². The Bertz CT molecular complexity index is 237. The summed E-state index contributed by atoms with van der Waals surface area (Å²) >= 11 is 0. The summed E-state index contributed by atoms with van der Waals surface area (Å²) in [6.07, 6.45) is 0.906. The molecule has 0 aliphatic carbocycles. The molecule has 12 heavy (non-hydrogen) atoms. The minimum absolute atomic E-state index is 0.196. The van der Waals surface area contributed by atoms with Gasteiger partial charge in [-0.3, -0.25) is 9.45 Å². The highest BCUT2D eigenvalue weighted by Gasteiger charge is 2.12. The molecule has 0 saturated carbocycles. The summed E-state index contributed by atoms with van der Waals surface area (Å²) in [5, 5.41) is 0. The standard InChI is InChI=1S/C5H9NO5S/c7-3-1-6(2-4-8)5-12(9,10)11/h3-4H,1-2,5H2,(H,9,10,11). The first-order chi connectivity index (χ1) is 5.49. The van der Waals surface area contributed by atoms with Gasteiger partial charge >= 0.3 is 0 Å². The smallest absolute Gasteiger partial charge is 0.278 e. The molecule has 1 N–H and O–H groups in total. The number of rotatable bonds is 6. The second-order valence-corrected chi connectivity index (χ2v) is 3.50. The van der Waals surface area contributed by atoms with Crippen molar-refractivity contribution in [3.8, 4) is 0 Å². The van der Waals surface area contributed by atoms with Gasteiger partial charge < -0.3 is 9.59 Å².